The SMILES string of the molecule is N#Cc1c(-n2c3ccc(-c4ncccn4)cc3c3cc(-c4ncccn4)ccc32)cc(-c2cc(F)cc(F)c2)cc1-n1c2ccc(-c3ncccn3)cc2c2cc(-c3ncccn3)ccc21. The van der Waals surface area contributed by atoms with Crippen molar-refractivity contribution in [3.8, 4) is 74.1 Å². The van der Waals surface area contributed by atoms with E-state index >= 15 is 8.78 Å². The van der Waals surface area contributed by atoms with Crippen molar-refractivity contribution in [2.24, 2.45) is 0 Å². The summed E-state index contributed by atoms with van der Waals surface area (Å²) in [6.07, 6.45) is 13.6. The minimum absolute atomic E-state index is 0.292. The van der Waals surface area contributed by atoms with E-state index in [-0.39, 0.29) is 0 Å². The zero-order valence-electron chi connectivity index (χ0n) is 34.4. The van der Waals surface area contributed by atoms with Crippen molar-refractivity contribution in [3.05, 3.63) is 194 Å². The van der Waals surface area contributed by atoms with Gasteiger partial charge in [-0.1, -0.05) is 0 Å². The van der Waals surface area contributed by atoms with Gasteiger partial charge in [0.1, 0.15) is 23.3 Å². The number of fused-ring (bicyclic) bond motifs is 6. The van der Waals surface area contributed by atoms with E-state index in [0.29, 0.717) is 51.4 Å². The lowest BCUT2D eigenvalue weighted by atomic mass is 9.99. The number of hydrogen-bond donors (Lipinski definition) is 0. The fourth-order valence-electron chi connectivity index (χ4n) is 8.88. The molecule has 6 aromatic heterocycles. The van der Waals surface area contributed by atoms with E-state index in [1.165, 1.54) is 12.1 Å². The summed E-state index contributed by atoms with van der Waals surface area (Å²) >= 11 is 0. The molecule has 13 heteroatoms. The summed E-state index contributed by atoms with van der Waals surface area (Å²) in [5.41, 5.74) is 8.29. The van der Waals surface area contributed by atoms with Gasteiger partial charge in [-0.3, -0.25) is 0 Å². The monoisotopic (exact) mass is 857 g/mol. The molecule has 0 aliphatic carbocycles. The molecule has 12 aromatic rings. The zero-order valence-corrected chi connectivity index (χ0v) is 34.4. The number of nitrogens with zero attached hydrogens (tertiary/aromatic N) is 11. The average Bonchev–Trinajstić information content (AvgIpc) is 3.87. The molecule has 12 rings (SSSR count). The number of benzene rings is 6. The van der Waals surface area contributed by atoms with Crippen LogP contribution < -0.4 is 0 Å². The fraction of sp³-hybridized carbons (Fsp3) is 0. The summed E-state index contributed by atoms with van der Waals surface area (Å²) in [5, 5.41) is 14.9. The Hall–Kier alpha value is -9.41. The van der Waals surface area contributed by atoms with E-state index in [1.54, 1.807) is 73.8 Å². The molecule has 11 nitrogen and oxygen atoms in total. The van der Waals surface area contributed by atoms with E-state index in [4.69, 9.17) is 0 Å². The quantitative estimate of drug-likeness (QED) is 0.153. The second-order valence-corrected chi connectivity index (χ2v) is 15.5. The van der Waals surface area contributed by atoms with Gasteiger partial charge < -0.3 is 9.13 Å². The van der Waals surface area contributed by atoms with Crippen LogP contribution in [0.15, 0.2) is 177 Å². The van der Waals surface area contributed by atoms with Gasteiger partial charge in [-0.25, -0.2) is 48.7 Å². The van der Waals surface area contributed by atoms with E-state index in [0.717, 1.165) is 71.9 Å². The maximum absolute atomic E-state index is 15.2. The standard InChI is InChI=1S/C53H29F2N11/c54-37-21-35(22-38(55)29-37)36-27-48(65-44-9-5-31(50-57-13-1-14-58-50)23-39(44)40-24-32(6-10-45(40)65)51-59-15-2-16-60-51)43(30-56)49(28-36)66-46-11-7-33(52-61-17-3-18-62-52)25-41(46)42-26-34(8-12-47(42)66)53-63-19-4-20-64-53/h1-29H. The zero-order chi connectivity index (χ0) is 44.3. The summed E-state index contributed by atoms with van der Waals surface area (Å²) in [5.74, 6) is 0.732. The van der Waals surface area contributed by atoms with Gasteiger partial charge in [0.15, 0.2) is 23.3 Å². The summed E-state index contributed by atoms with van der Waals surface area (Å²) in [6, 6.07) is 40.6. The molecule has 0 atom stereocenters. The molecule has 0 unspecified atom stereocenters. The lowest BCUT2D eigenvalue weighted by Gasteiger charge is -2.18. The summed E-state index contributed by atoms with van der Waals surface area (Å²) in [6.45, 7) is 0. The van der Waals surface area contributed by atoms with Gasteiger partial charge in [0, 0.05) is 99.4 Å². The predicted octanol–water partition coefficient (Wildman–Crippen LogP) is 11.5. The highest BCUT2D eigenvalue weighted by molar-refractivity contribution is 6.13. The van der Waals surface area contributed by atoms with Crippen molar-refractivity contribution in [1.29, 1.82) is 5.26 Å². The Morgan fingerprint density at radius 2 is 0.636 bits per heavy atom. The third-order valence-electron chi connectivity index (χ3n) is 11.7. The Balaban J connectivity index is 1.19. The van der Waals surface area contributed by atoms with Crippen LogP contribution in [0, 0.1) is 23.0 Å². The summed E-state index contributed by atoms with van der Waals surface area (Å²) in [4.78, 5) is 36.2. The first-order valence-corrected chi connectivity index (χ1v) is 20.8. The Bertz CT molecular complexity index is 3470. The average molecular weight is 858 g/mol. The van der Waals surface area contributed by atoms with Gasteiger partial charge in [0.05, 0.1) is 33.4 Å². The Morgan fingerprint density at radius 1 is 0.348 bits per heavy atom. The summed E-state index contributed by atoms with van der Waals surface area (Å²) in [7, 11) is 0. The molecule has 0 radical (unpaired) electrons. The first-order valence-electron chi connectivity index (χ1n) is 20.8. The van der Waals surface area contributed by atoms with Crippen LogP contribution in [-0.4, -0.2) is 49.0 Å². The molecule has 66 heavy (non-hydrogen) atoms. The summed E-state index contributed by atoms with van der Waals surface area (Å²) < 4.78 is 34.5. The topological polar surface area (TPSA) is 137 Å². The van der Waals surface area contributed by atoms with Crippen molar-refractivity contribution in [3.63, 3.8) is 0 Å². The lowest BCUT2D eigenvalue weighted by molar-refractivity contribution is 0.584. The maximum atomic E-state index is 15.2. The molecule has 0 fully saturated rings. The van der Waals surface area contributed by atoms with Crippen LogP contribution in [0.25, 0.3) is 112 Å². The van der Waals surface area contributed by atoms with Gasteiger partial charge >= 0.3 is 0 Å². The molecule has 0 N–H and O–H groups in total. The van der Waals surface area contributed by atoms with Gasteiger partial charge in [-0.2, -0.15) is 5.26 Å². The second kappa shape index (κ2) is 15.4. The molecule has 0 saturated carbocycles. The minimum atomic E-state index is -0.733. The highest BCUT2D eigenvalue weighted by Gasteiger charge is 2.24. The van der Waals surface area contributed by atoms with Crippen LogP contribution >= 0.6 is 0 Å². The van der Waals surface area contributed by atoms with E-state index in [1.807, 2.05) is 94.1 Å². The van der Waals surface area contributed by atoms with Crippen molar-refractivity contribution >= 4 is 43.6 Å². The third-order valence-corrected chi connectivity index (χ3v) is 11.7. The predicted molar refractivity (Wildman–Crippen MR) is 249 cm³/mol. The van der Waals surface area contributed by atoms with Gasteiger partial charge in [-0.05, 0) is 132 Å². The lowest BCUT2D eigenvalue weighted by Crippen LogP contribution is -2.05. The normalized spacial score (nSPS) is 11.5. The minimum Gasteiger partial charge on any atom is -0.308 e. The Kier molecular flexibility index (Phi) is 8.95. The molecule has 0 saturated heterocycles. The number of aromatic nitrogens is 10. The number of hydrogen-bond acceptors (Lipinski definition) is 9. The molecular formula is C53H29F2N11. The van der Waals surface area contributed by atoms with E-state index in [2.05, 4.69) is 45.9 Å². The Labute approximate surface area is 373 Å². The van der Waals surface area contributed by atoms with Crippen LogP contribution in [0.5, 0.6) is 0 Å². The van der Waals surface area contributed by atoms with Gasteiger partial charge in [-0.15, -0.1) is 0 Å². The molecule has 310 valence electrons. The van der Waals surface area contributed by atoms with E-state index in [9.17, 15) is 5.26 Å². The van der Waals surface area contributed by atoms with Gasteiger partial charge in [0.25, 0.3) is 0 Å². The van der Waals surface area contributed by atoms with Crippen LogP contribution in [0.2, 0.25) is 0 Å². The maximum Gasteiger partial charge on any atom is 0.159 e. The van der Waals surface area contributed by atoms with Crippen LogP contribution in [0.3, 0.4) is 0 Å². The van der Waals surface area contributed by atoms with Crippen LogP contribution in [0.1, 0.15) is 5.56 Å². The van der Waals surface area contributed by atoms with E-state index < -0.39 is 11.6 Å². The first-order chi connectivity index (χ1) is 32.5. The number of nitriles is 1. The van der Waals surface area contributed by atoms with Crippen LogP contribution in [0.4, 0.5) is 8.78 Å². The third kappa shape index (κ3) is 6.39. The molecule has 6 heterocycles. The highest BCUT2D eigenvalue weighted by atomic mass is 19.1. The molecule has 0 amide bonds. The van der Waals surface area contributed by atoms with Crippen molar-refractivity contribution in [2.45, 2.75) is 0 Å². The van der Waals surface area contributed by atoms with Gasteiger partial charge in [0.2, 0.25) is 0 Å². The highest BCUT2D eigenvalue weighted by Crippen LogP contribution is 2.43. The number of rotatable bonds is 7. The smallest absolute Gasteiger partial charge is 0.159 e. The molecule has 0 spiro atoms. The largest absolute Gasteiger partial charge is 0.308 e. The fourth-order valence-corrected chi connectivity index (χ4v) is 8.88. The Morgan fingerprint density at radius 3 is 0.924 bits per heavy atom. The van der Waals surface area contributed by atoms with Crippen molar-refractivity contribution < 1.29 is 8.78 Å². The molecule has 6 aromatic carbocycles. The van der Waals surface area contributed by atoms with Crippen LogP contribution in [-0.2, 0) is 0 Å². The first kappa shape index (κ1) is 38.3. The molecule has 0 aliphatic rings. The second-order valence-electron chi connectivity index (χ2n) is 15.5. The van der Waals surface area contributed by atoms with Crippen molar-refractivity contribution in [1.82, 2.24) is 49.0 Å². The van der Waals surface area contributed by atoms with Crippen molar-refractivity contribution in [2.75, 3.05) is 0 Å². The number of halogens is 2. The molecular weight excluding hydrogens is 829 g/mol. The molecule has 0 aliphatic heterocycles. The molecule has 0 bridgehead atoms.